The van der Waals surface area contributed by atoms with Crippen LogP contribution in [0.5, 0.6) is 0 Å². The van der Waals surface area contributed by atoms with Crippen LogP contribution < -0.4 is 5.73 Å². The summed E-state index contributed by atoms with van der Waals surface area (Å²) < 4.78 is 32.3. The summed E-state index contributed by atoms with van der Waals surface area (Å²) in [5.41, 5.74) is 5.97. The van der Waals surface area contributed by atoms with Crippen LogP contribution in [0, 0.1) is 5.41 Å². The highest BCUT2D eigenvalue weighted by Crippen LogP contribution is 2.64. The molecule has 1 saturated carbocycles. The van der Waals surface area contributed by atoms with E-state index < -0.39 is 20.5 Å². The van der Waals surface area contributed by atoms with E-state index in [2.05, 4.69) is 0 Å². The van der Waals surface area contributed by atoms with Crippen molar-refractivity contribution >= 4 is 38.6 Å². The van der Waals surface area contributed by atoms with Crippen LogP contribution in [0.15, 0.2) is 59.5 Å². The smallest absolute Gasteiger partial charge is 0.182 e. The van der Waals surface area contributed by atoms with E-state index in [1.807, 2.05) is 19.1 Å². The summed E-state index contributed by atoms with van der Waals surface area (Å²) in [5, 5.41) is -0.176. The van der Waals surface area contributed by atoms with Gasteiger partial charge in [0.2, 0.25) is 0 Å². The van der Waals surface area contributed by atoms with Gasteiger partial charge in [-0.1, -0.05) is 54.2 Å². The second kappa shape index (κ2) is 7.27. The summed E-state index contributed by atoms with van der Waals surface area (Å²) in [5.74, 6) is -0.367. The van der Waals surface area contributed by atoms with Gasteiger partial charge in [-0.15, -0.1) is 0 Å². The maximum Gasteiger partial charge on any atom is 0.182 e. The summed E-state index contributed by atoms with van der Waals surface area (Å²) in [6, 6.07) is 15.5. The second-order valence-corrected chi connectivity index (χ2v) is 9.30. The largest absolute Gasteiger partial charge is 0.393 e. The molecule has 1 aliphatic rings. The first kappa shape index (κ1) is 19.3. The summed E-state index contributed by atoms with van der Waals surface area (Å²) in [6.45, 7) is 2.48. The van der Waals surface area contributed by atoms with Crippen LogP contribution in [0.4, 0.5) is 0 Å². The Morgan fingerprint density at radius 2 is 1.81 bits per heavy atom. The van der Waals surface area contributed by atoms with Gasteiger partial charge >= 0.3 is 0 Å². The average molecular weight is 410 g/mol. The number of thiocarbonyl (C=S) groups is 1. The van der Waals surface area contributed by atoms with E-state index in [1.165, 1.54) is 0 Å². The number of hydrogen-bond acceptors (Lipinski definition) is 4. The molecule has 0 aliphatic heterocycles. The van der Waals surface area contributed by atoms with Crippen LogP contribution in [0.3, 0.4) is 0 Å². The molecular weight excluding hydrogens is 390 g/mol. The quantitative estimate of drug-likeness (QED) is 0.707. The molecule has 1 aliphatic carbocycles. The van der Waals surface area contributed by atoms with Crippen LogP contribution in [-0.4, -0.2) is 31.9 Å². The van der Waals surface area contributed by atoms with Crippen LogP contribution in [0.25, 0.3) is 0 Å². The van der Waals surface area contributed by atoms with Crippen molar-refractivity contribution in [1.29, 1.82) is 0 Å². The van der Waals surface area contributed by atoms with Crippen molar-refractivity contribution in [2.75, 3.05) is 13.2 Å². The fourth-order valence-electron chi connectivity index (χ4n) is 3.57. The minimum absolute atomic E-state index is 0.162. The highest BCUT2D eigenvalue weighted by Gasteiger charge is 2.73. The van der Waals surface area contributed by atoms with Gasteiger partial charge < -0.3 is 10.5 Å². The van der Waals surface area contributed by atoms with Gasteiger partial charge in [-0.25, -0.2) is 8.42 Å². The number of ether oxygens (including phenoxy) is 1. The van der Waals surface area contributed by atoms with Crippen LogP contribution in [-0.2, 0) is 14.6 Å². The fraction of sp³-hybridized carbons (Fsp3) is 0.316. The van der Waals surface area contributed by atoms with Gasteiger partial charge in [-0.2, -0.15) is 0 Å². The topological polar surface area (TPSA) is 69.4 Å². The highest BCUT2D eigenvalue weighted by molar-refractivity contribution is 7.92. The van der Waals surface area contributed by atoms with Crippen molar-refractivity contribution in [2.45, 2.75) is 23.0 Å². The van der Waals surface area contributed by atoms with Crippen LogP contribution >= 0.6 is 23.8 Å². The third-order valence-electron chi connectivity index (χ3n) is 4.90. The maximum atomic E-state index is 13.3. The monoisotopic (exact) mass is 409 g/mol. The molecule has 0 bridgehead atoms. The van der Waals surface area contributed by atoms with Gasteiger partial charge in [-0.05, 0) is 36.8 Å². The minimum atomic E-state index is -3.64. The fourth-order valence-corrected chi connectivity index (χ4v) is 6.49. The highest BCUT2D eigenvalue weighted by atomic mass is 35.5. The van der Waals surface area contributed by atoms with Crippen molar-refractivity contribution in [3.8, 4) is 0 Å². The zero-order valence-corrected chi connectivity index (χ0v) is 16.7. The first-order valence-corrected chi connectivity index (χ1v) is 10.6. The molecule has 3 unspecified atom stereocenters. The lowest BCUT2D eigenvalue weighted by molar-refractivity contribution is 0.121. The predicted molar refractivity (Wildman–Crippen MR) is 107 cm³/mol. The number of rotatable bonds is 7. The Bertz CT molecular complexity index is 900. The van der Waals surface area contributed by atoms with Gasteiger partial charge in [-0.3, -0.25) is 0 Å². The summed E-state index contributed by atoms with van der Waals surface area (Å²) in [4.78, 5) is 0.425. The molecule has 3 rings (SSSR count). The lowest BCUT2D eigenvalue weighted by atomic mass is 10.00. The third kappa shape index (κ3) is 3.16. The van der Waals surface area contributed by atoms with Gasteiger partial charge in [0, 0.05) is 17.5 Å². The van der Waals surface area contributed by atoms with E-state index in [9.17, 15) is 8.42 Å². The van der Waals surface area contributed by atoms with Crippen molar-refractivity contribution in [3.63, 3.8) is 0 Å². The molecule has 7 heteroatoms. The lowest BCUT2D eigenvalue weighted by Gasteiger charge is -2.17. The van der Waals surface area contributed by atoms with Crippen molar-refractivity contribution in [3.05, 3.63) is 65.2 Å². The zero-order chi connectivity index (χ0) is 18.9. The molecule has 138 valence electrons. The van der Waals surface area contributed by atoms with E-state index >= 15 is 0 Å². The maximum absolute atomic E-state index is 13.3. The molecule has 0 aromatic heterocycles. The van der Waals surface area contributed by atoms with Gasteiger partial charge in [0.1, 0.15) is 0 Å². The van der Waals surface area contributed by atoms with Crippen molar-refractivity contribution in [2.24, 2.45) is 11.1 Å². The molecular formula is C19H20ClNO3S2. The first-order chi connectivity index (χ1) is 12.4. The van der Waals surface area contributed by atoms with E-state index in [0.717, 1.165) is 5.56 Å². The number of halogens is 1. The second-order valence-electron chi connectivity index (χ2n) is 6.35. The molecule has 4 nitrogen and oxygen atoms in total. The normalized spacial score (nSPS) is 25.0. The Kier molecular flexibility index (Phi) is 5.40. The SMILES string of the molecule is CCOCC1(C(N)=S)C(c2ccc(Cl)cc2)C1S(=O)(=O)c1ccccc1. The first-order valence-electron chi connectivity index (χ1n) is 8.27. The molecule has 2 aromatic rings. The molecule has 3 atom stereocenters. The number of hydrogen-bond donors (Lipinski definition) is 1. The summed E-state index contributed by atoms with van der Waals surface area (Å²) in [6.07, 6.45) is 0. The minimum Gasteiger partial charge on any atom is -0.393 e. The van der Waals surface area contributed by atoms with Crippen molar-refractivity contribution in [1.82, 2.24) is 0 Å². The van der Waals surface area contributed by atoms with E-state index in [0.29, 0.717) is 11.6 Å². The zero-order valence-electron chi connectivity index (χ0n) is 14.3. The van der Waals surface area contributed by atoms with Gasteiger partial charge in [0.25, 0.3) is 0 Å². The van der Waals surface area contributed by atoms with E-state index in [4.69, 9.17) is 34.3 Å². The Balaban J connectivity index is 2.10. The Labute approximate surface area is 164 Å². The third-order valence-corrected chi connectivity index (χ3v) is 7.82. The molecule has 0 radical (unpaired) electrons. The summed E-state index contributed by atoms with van der Waals surface area (Å²) in [7, 11) is -3.64. The van der Waals surface area contributed by atoms with Crippen LogP contribution in [0.1, 0.15) is 18.4 Å². The number of sulfone groups is 1. The van der Waals surface area contributed by atoms with Gasteiger partial charge in [0.15, 0.2) is 9.84 Å². The lowest BCUT2D eigenvalue weighted by Crippen LogP contribution is -2.33. The summed E-state index contributed by atoms with van der Waals surface area (Å²) >= 11 is 11.3. The molecule has 26 heavy (non-hydrogen) atoms. The van der Waals surface area contributed by atoms with E-state index in [-0.39, 0.29) is 22.4 Å². The molecule has 0 heterocycles. The Morgan fingerprint density at radius 1 is 1.19 bits per heavy atom. The molecule has 2 N–H and O–H groups in total. The van der Waals surface area contributed by atoms with E-state index in [1.54, 1.807) is 42.5 Å². The van der Waals surface area contributed by atoms with Gasteiger partial charge in [0.05, 0.1) is 27.2 Å². The van der Waals surface area contributed by atoms with Crippen molar-refractivity contribution < 1.29 is 13.2 Å². The number of nitrogens with two attached hydrogens (primary N) is 1. The average Bonchev–Trinajstić information content (AvgIpc) is 3.33. The Morgan fingerprint density at radius 3 is 2.35 bits per heavy atom. The molecule has 2 aromatic carbocycles. The Hall–Kier alpha value is -1.47. The predicted octanol–water partition coefficient (Wildman–Crippen LogP) is 3.59. The number of benzene rings is 2. The molecule has 0 saturated heterocycles. The molecule has 0 amide bonds. The standard InChI is InChI=1S/C19H20ClNO3S2/c1-2-24-12-19(18(21)25)16(13-8-10-14(20)11-9-13)17(19)26(22,23)15-6-4-3-5-7-15/h3-11,16-17H,2,12H2,1H3,(H2,21,25). The molecule has 1 fully saturated rings. The van der Waals surface area contributed by atoms with Crippen LogP contribution in [0.2, 0.25) is 5.02 Å². The molecule has 0 spiro atoms.